The normalized spacial score (nSPS) is 29.1. The molecule has 0 aliphatic carbocycles. The van der Waals surface area contributed by atoms with Gasteiger partial charge in [-0.25, -0.2) is 0 Å². The molecule has 13 heavy (non-hydrogen) atoms. The number of nitrogens with one attached hydrogen (secondary N) is 1. The molecule has 1 aliphatic heterocycles. The lowest BCUT2D eigenvalue weighted by Gasteiger charge is -2.32. The minimum Gasteiger partial charge on any atom is -0.448 e. The third kappa shape index (κ3) is 1.74. The lowest BCUT2D eigenvalue weighted by atomic mass is 9.89. The third-order valence-corrected chi connectivity index (χ3v) is 2.94. The highest BCUT2D eigenvalue weighted by molar-refractivity contribution is 6.28. The zero-order valence-corrected chi connectivity index (χ0v) is 8.53. The Morgan fingerprint density at radius 3 is 2.85 bits per heavy atom. The van der Waals surface area contributed by atoms with E-state index in [0.717, 1.165) is 18.7 Å². The Kier molecular flexibility index (Phi) is 2.35. The van der Waals surface area contributed by atoms with Crippen molar-refractivity contribution in [2.24, 2.45) is 0 Å². The number of halogens is 1. The largest absolute Gasteiger partial charge is 0.448 e. The minimum absolute atomic E-state index is 0.00854. The van der Waals surface area contributed by atoms with Gasteiger partial charge < -0.3 is 9.73 Å². The summed E-state index contributed by atoms with van der Waals surface area (Å²) in [4.78, 5) is 0. The molecular weight excluding hydrogens is 186 g/mol. The van der Waals surface area contributed by atoms with Crippen LogP contribution in [0.15, 0.2) is 16.5 Å². The van der Waals surface area contributed by atoms with Crippen molar-refractivity contribution in [3.8, 4) is 0 Å². The summed E-state index contributed by atoms with van der Waals surface area (Å²) in [6.07, 6.45) is 3.63. The van der Waals surface area contributed by atoms with Crippen molar-refractivity contribution in [3.05, 3.63) is 23.1 Å². The van der Waals surface area contributed by atoms with Crippen LogP contribution < -0.4 is 5.32 Å². The zero-order valence-electron chi connectivity index (χ0n) is 7.77. The van der Waals surface area contributed by atoms with Crippen molar-refractivity contribution in [2.45, 2.75) is 31.7 Å². The first-order valence-electron chi connectivity index (χ1n) is 4.72. The summed E-state index contributed by atoms with van der Waals surface area (Å²) in [5, 5.41) is 3.95. The first kappa shape index (κ1) is 9.10. The van der Waals surface area contributed by atoms with E-state index < -0.39 is 0 Å². The van der Waals surface area contributed by atoms with Gasteiger partial charge in [-0.05, 0) is 56.5 Å². The predicted octanol–water partition coefficient (Wildman–Crippen LogP) is 2.92. The van der Waals surface area contributed by atoms with Crippen LogP contribution in [0.25, 0.3) is 0 Å². The summed E-state index contributed by atoms with van der Waals surface area (Å²) >= 11 is 5.75. The van der Waals surface area contributed by atoms with Gasteiger partial charge in [0.1, 0.15) is 5.76 Å². The van der Waals surface area contributed by atoms with Gasteiger partial charge in [0.05, 0.1) is 5.54 Å². The minimum atomic E-state index is -0.00854. The zero-order chi connectivity index (χ0) is 9.31. The summed E-state index contributed by atoms with van der Waals surface area (Å²) in [5.74, 6) is 0.956. The van der Waals surface area contributed by atoms with E-state index in [1.54, 1.807) is 6.07 Å². The predicted molar refractivity (Wildman–Crippen MR) is 52.9 cm³/mol. The fourth-order valence-corrected chi connectivity index (χ4v) is 2.02. The van der Waals surface area contributed by atoms with E-state index in [9.17, 15) is 0 Å². The Hall–Kier alpha value is -0.470. The molecule has 2 rings (SSSR count). The second-order valence-corrected chi connectivity index (χ2v) is 4.19. The number of hydrogen-bond acceptors (Lipinski definition) is 2. The molecule has 1 N–H and O–H groups in total. The van der Waals surface area contributed by atoms with Gasteiger partial charge in [-0.15, -0.1) is 0 Å². The summed E-state index contributed by atoms with van der Waals surface area (Å²) in [5.41, 5.74) is -0.00854. The van der Waals surface area contributed by atoms with Crippen LogP contribution >= 0.6 is 11.6 Å². The fourth-order valence-electron chi connectivity index (χ4n) is 1.88. The van der Waals surface area contributed by atoms with Crippen molar-refractivity contribution in [1.82, 2.24) is 5.32 Å². The van der Waals surface area contributed by atoms with E-state index in [1.165, 1.54) is 12.8 Å². The first-order valence-corrected chi connectivity index (χ1v) is 5.09. The highest BCUT2D eigenvalue weighted by atomic mass is 35.5. The molecule has 0 spiro atoms. The van der Waals surface area contributed by atoms with Crippen LogP contribution in [0.2, 0.25) is 5.22 Å². The fraction of sp³-hybridized carbons (Fsp3) is 0.600. The molecule has 0 radical (unpaired) electrons. The van der Waals surface area contributed by atoms with Gasteiger partial charge >= 0.3 is 0 Å². The molecule has 1 aromatic rings. The van der Waals surface area contributed by atoms with Gasteiger partial charge in [-0.3, -0.25) is 0 Å². The van der Waals surface area contributed by atoms with E-state index >= 15 is 0 Å². The van der Waals surface area contributed by atoms with Gasteiger partial charge in [-0.2, -0.15) is 0 Å². The Labute approximate surface area is 83.3 Å². The maximum atomic E-state index is 5.75. The lowest BCUT2D eigenvalue weighted by molar-refractivity contribution is 0.237. The van der Waals surface area contributed by atoms with Crippen molar-refractivity contribution in [1.29, 1.82) is 0 Å². The summed E-state index contributed by atoms with van der Waals surface area (Å²) in [6.45, 7) is 3.23. The van der Waals surface area contributed by atoms with Crippen LogP contribution in [0.4, 0.5) is 0 Å². The maximum Gasteiger partial charge on any atom is 0.193 e. The standard InChI is InChI=1S/C10H14ClNO/c1-10(6-2-3-7-12-10)8-4-5-9(11)13-8/h4-5,12H,2-3,6-7H2,1H3. The molecular formula is C10H14ClNO. The van der Waals surface area contributed by atoms with Crippen LogP contribution in [0.5, 0.6) is 0 Å². The molecule has 1 aliphatic rings. The number of furan rings is 1. The van der Waals surface area contributed by atoms with Gasteiger partial charge in [0, 0.05) is 0 Å². The average Bonchev–Trinajstić information content (AvgIpc) is 2.54. The van der Waals surface area contributed by atoms with Crippen LogP contribution in [0, 0.1) is 0 Å². The molecule has 1 atom stereocenters. The van der Waals surface area contributed by atoms with E-state index in [0.29, 0.717) is 5.22 Å². The number of rotatable bonds is 1. The lowest BCUT2D eigenvalue weighted by Crippen LogP contribution is -2.42. The topological polar surface area (TPSA) is 25.2 Å². The van der Waals surface area contributed by atoms with Gasteiger partial charge in [0.15, 0.2) is 5.22 Å². The van der Waals surface area contributed by atoms with Crippen LogP contribution in [0.3, 0.4) is 0 Å². The molecule has 2 nitrogen and oxygen atoms in total. The van der Waals surface area contributed by atoms with E-state index in [2.05, 4.69) is 12.2 Å². The molecule has 1 saturated heterocycles. The van der Waals surface area contributed by atoms with Gasteiger partial charge in [0.25, 0.3) is 0 Å². The van der Waals surface area contributed by atoms with Crippen molar-refractivity contribution < 1.29 is 4.42 Å². The average molecular weight is 200 g/mol. The van der Waals surface area contributed by atoms with Gasteiger partial charge in [-0.1, -0.05) is 0 Å². The molecule has 1 unspecified atom stereocenters. The second kappa shape index (κ2) is 3.35. The van der Waals surface area contributed by atoms with E-state index in [-0.39, 0.29) is 5.54 Å². The third-order valence-electron chi connectivity index (χ3n) is 2.74. The monoisotopic (exact) mass is 199 g/mol. The highest BCUT2D eigenvalue weighted by Crippen LogP contribution is 2.31. The molecule has 0 saturated carbocycles. The summed E-state index contributed by atoms with van der Waals surface area (Å²) in [7, 11) is 0. The quantitative estimate of drug-likeness (QED) is 0.753. The smallest absolute Gasteiger partial charge is 0.193 e. The van der Waals surface area contributed by atoms with Crippen molar-refractivity contribution in [3.63, 3.8) is 0 Å². The van der Waals surface area contributed by atoms with Crippen LogP contribution in [-0.2, 0) is 5.54 Å². The Morgan fingerprint density at radius 1 is 1.46 bits per heavy atom. The van der Waals surface area contributed by atoms with Crippen molar-refractivity contribution in [2.75, 3.05) is 6.54 Å². The molecule has 1 aromatic heterocycles. The Morgan fingerprint density at radius 2 is 2.31 bits per heavy atom. The van der Waals surface area contributed by atoms with Crippen LogP contribution in [0.1, 0.15) is 31.9 Å². The molecule has 0 bridgehead atoms. The summed E-state index contributed by atoms with van der Waals surface area (Å²) < 4.78 is 5.43. The SMILES string of the molecule is CC1(c2ccc(Cl)o2)CCCCN1. The Bertz CT molecular complexity index is 289. The second-order valence-electron chi connectivity index (χ2n) is 3.82. The highest BCUT2D eigenvalue weighted by Gasteiger charge is 2.31. The van der Waals surface area contributed by atoms with E-state index in [4.69, 9.17) is 16.0 Å². The molecule has 72 valence electrons. The van der Waals surface area contributed by atoms with Crippen LogP contribution in [-0.4, -0.2) is 6.54 Å². The van der Waals surface area contributed by atoms with Gasteiger partial charge in [0.2, 0.25) is 0 Å². The number of hydrogen-bond donors (Lipinski definition) is 1. The summed E-state index contributed by atoms with van der Waals surface area (Å²) in [6, 6.07) is 3.76. The Balaban J connectivity index is 2.22. The van der Waals surface area contributed by atoms with E-state index in [1.807, 2.05) is 6.07 Å². The number of piperidine rings is 1. The molecule has 0 amide bonds. The first-order chi connectivity index (χ1) is 6.21. The molecule has 2 heterocycles. The molecule has 3 heteroatoms. The molecule has 0 aromatic carbocycles. The maximum absolute atomic E-state index is 5.75. The molecule has 1 fully saturated rings. The van der Waals surface area contributed by atoms with Crippen molar-refractivity contribution >= 4 is 11.6 Å².